The van der Waals surface area contributed by atoms with Gasteiger partial charge < -0.3 is 48.6 Å². The van der Waals surface area contributed by atoms with Gasteiger partial charge >= 0.3 is 41.8 Å². The first kappa shape index (κ1) is 83.6. The Morgan fingerprint density at radius 1 is 0.573 bits per heavy atom. The molecule has 0 unspecified atom stereocenters. The Morgan fingerprint density at radius 3 is 1.40 bits per heavy atom. The summed E-state index contributed by atoms with van der Waals surface area (Å²) < 4.78 is 34.8. The van der Waals surface area contributed by atoms with Crippen LogP contribution in [-0.4, -0.2) is 119 Å². The van der Waals surface area contributed by atoms with Crippen molar-refractivity contribution in [2.45, 2.75) is 312 Å². The lowest BCUT2D eigenvalue weighted by atomic mass is 9.65. The molecule has 0 amide bonds. The number of carbonyl (C=O) groups excluding carboxylic acids is 8. The summed E-state index contributed by atoms with van der Waals surface area (Å²) in [6.07, 6.45) is 42.5. The number of ether oxygens (including phenoxy) is 7. The number of aliphatic hydroxyl groups is 2. The number of ketones is 1. The van der Waals surface area contributed by atoms with Crippen LogP contribution < -0.4 is 0 Å². The summed E-state index contributed by atoms with van der Waals surface area (Å²) in [5, 5.41) is 31.2. The first-order valence-electron chi connectivity index (χ1n) is 35.6. The molecule has 0 aromatic carbocycles. The van der Waals surface area contributed by atoms with E-state index in [1.54, 1.807) is 20.8 Å². The van der Waals surface area contributed by atoms with E-state index in [0.717, 1.165) is 108 Å². The van der Waals surface area contributed by atoms with E-state index >= 15 is 0 Å². The van der Waals surface area contributed by atoms with Gasteiger partial charge in [0.2, 0.25) is 0 Å². The molecule has 3 N–H and O–H groups in total. The quantitative estimate of drug-likeness (QED) is 0.0576. The molecule has 0 aromatic rings. The Morgan fingerprint density at radius 2 is 1.01 bits per heavy atom. The topological polar surface area (TPSA) is 274 Å². The van der Waals surface area contributed by atoms with Crippen LogP contribution in [0.5, 0.6) is 0 Å². The monoisotopic (exact) mass is 1340 g/mol. The fourth-order valence-corrected chi connectivity index (χ4v) is 15.3. The molecule has 4 saturated heterocycles. The molecule has 19 nitrogen and oxygen atoms in total. The van der Waals surface area contributed by atoms with E-state index in [-0.39, 0.29) is 88.6 Å². The van der Waals surface area contributed by atoms with Crippen molar-refractivity contribution < 1.29 is 86.9 Å². The molecular formula is C77H115NO18. The van der Waals surface area contributed by atoms with Crippen molar-refractivity contribution >= 4 is 53.3 Å². The molecule has 6 aliphatic carbocycles. The van der Waals surface area contributed by atoms with Gasteiger partial charge in [-0.05, 0) is 187 Å². The molecule has 0 aromatic heterocycles. The van der Waals surface area contributed by atoms with Gasteiger partial charge in [-0.15, -0.1) is 19.3 Å². The minimum atomic E-state index is -0.747. The summed E-state index contributed by atoms with van der Waals surface area (Å²) in [4.78, 5) is 90.9. The summed E-state index contributed by atoms with van der Waals surface area (Å²) in [6, 6.07) is 0. The van der Waals surface area contributed by atoms with Gasteiger partial charge in [0.25, 0.3) is 0 Å². The second-order valence-electron chi connectivity index (χ2n) is 27.7. The highest BCUT2D eigenvalue weighted by molar-refractivity contribution is 6.13. The van der Waals surface area contributed by atoms with Crippen molar-refractivity contribution in [3.05, 3.63) is 11.3 Å². The van der Waals surface area contributed by atoms with Crippen molar-refractivity contribution in [2.75, 3.05) is 13.2 Å². The normalized spacial score (nSPS) is 27.6. The van der Waals surface area contributed by atoms with E-state index in [9.17, 15) is 48.6 Å². The SMILES string of the molecule is C#C.C#CC#CC#CC.CC1=C(C)C2(CCCCC2)C(=O)O1.CCOC(=O)C1CCCCC1.C[C@@H]1OC(=O)C2(CCCCC2)/C1=N\O.C[C@@H]1OC(=O)C2(CCCCC2)C1=O.C[C@@H]1OC(=O)C2(CCCCC2)[C@@H]1C.C[C@@H]1OC(=O)[C@H](C)OC1=O.C[C@H](O)[C@@H](C)C1(CO)CCCCC1. The Bertz CT molecular complexity index is 2790. The second-order valence-corrected chi connectivity index (χ2v) is 27.7. The summed E-state index contributed by atoms with van der Waals surface area (Å²) in [5.41, 5.74) is 0.0654. The fraction of sp³-hybridized carbons (Fsp3) is 0.753. The molecule has 0 radical (unpaired) electrons. The number of esters is 7. The molecule has 536 valence electrons. The van der Waals surface area contributed by atoms with Gasteiger partial charge in [-0.1, -0.05) is 140 Å². The zero-order valence-electron chi connectivity index (χ0n) is 60.0. The van der Waals surface area contributed by atoms with E-state index < -0.39 is 41.1 Å². The standard InChI is InChI=1S/C11H18O2.C11H16O2.C11H22O2.C10H15NO3.C10H14O3.C9H16O2.C7H4.C6H8O4.C2H2/c2*1-8-9(2)13-10(12)11(8)6-4-3-5-7-11;1-9(10(2)13)11(8-12)6-4-3-5-7-11;1-7-8(11-13)10(9(12)14-7)5-3-2-4-6-10;1-7-8(11)10(9(12)13-7)5-3-2-4-6-10;1-2-11-9(10)8-6-4-3-5-7-8;1-3-5-7-6-4-2;1-3-5(7)10-4(2)6(8)9-3;1-2/h8-9H,3-7H2,1-2H3;3-7H2,1-2H3;9-10,12-13H,3-8H2,1-2H3;7,13H,2-6H2,1H3;7H,2-6H2,1H3;8H,2-7H2,1H3;1H,2H3;3-4H,1-2H3;1-2H/b;;;11-8-;;;;;/t8-,9+;;9-,10+;2*7-;;;3-,4-;/m1.100..0./s1. The summed E-state index contributed by atoms with van der Waals surface area (Å²) >= 11 is 0. The van der Waals surface area contributed by atoms with Crippen LogP contribution in [0, 0.1) is 93.7 Å². The molecule has 19 heteroatoms. The van der Waals surface area contributed by atoms with Crippen LogP contribution in [0.4, 0.5) is 0 Å². The van der Waals surface area contributed by atoms with Gasteiger partial charge in [0.1, 0.15) is 34.5 Å². The van der Waals surface area contributed by atoms with Crippen molar-refractivity contribution in [3.8, 4) is 48.9 Å². The van der Waals surface area contributed by atoms with E-state index in [1.807, 2.05) is 34.6 Å². The first-order valence-corrected chi connectivity index (χ1v) is 35.6. The van der Waals surface area contributed by atoms with Crippen LogP contribution in [0.1, 0.15) is 276 Å². The molecule has 96 heavy (non-hydrogen) atoms. The van der Waals surface area contributed by atoms with E-state index in [4.69, 9.17) is 35.3 Å². The zero-order chi connectivity index (χ0) is 71.9. The second kappa shape index (κ2) is 40.9. The van der Waals surface area contributed by atoms with Crippen LogP contribution in [0.2, 0.25) is 0 Å². The van der Waals surface area contributed by atoms with Crippen LogP contribution in [0.25, 0.3) is 0 Å². The number of hydrogen-bond acceptors (Lipinski definition) is 19. The molecule has 8 atom stereocenters. The van der Waals surface area contributed by atoms with Crippen molar-refractivity contribution in [1.82, 2.24) is 0 Å². The third-order valence-corrected chi connectivity index (χ3v) is 21.8. The highest BCUT2D eigenvalue weighted by Crippen LogP contribution is 2.51. The molecule has 11 rings (SSSR count). The number of rotatable bonds is 5. The number of terminal acetylenes is 2. The number of nitrogens with zero attached hydrogens (tertiary/aromatic N) is 1. The Labute approximate surface area is 573 Å². The number of hydrogen-bond donors (Lipinski definition) is 3. The number of allylic oxidation sites excluding steroid dienone is 1. The predicted molar refractivity (Wildman–Crippen MR) is 364 cm³/mol. The molecular weight excluding hydrogens is 1230 g/mol. The number of aliphatic hydroxyl groups excluding tert-OH is 2. The molecule has 11 aliphatic rings. The smallest absolute Gasteiger partial charge is 0.347 e. The largest absolute Gasteiger partial charge is 0.466 e. The number of oxime groups is 1. The van der Waals surface area contributed by atoms with Crippen LogP contribution >= 0.6 is 0 Å². The summed E-state index contributed by atoms with van der Waals surface area (Å²) in [5.74, 6) is 12.4. The maximum Gasteiger partial charge on any atom is 0.347 e. The number of carbonyl (C=O) groups is 8. The summed E-state index contributed by atoms with van der Waals surface area (Å²) in [7, 11) is 0. The Hall–Kier alpha value is -6.67. The van der Waals surface area contributed by atoms with E-state index in [0.29, 0.717) is 31.1 Å². The van der Waals surface area contributed by atoms with Gasteiger partial charge in [-0.2, -0.15) is 0 Å². The average Bonchev–Trinajstić information content (AvgIpc) is 1.64. The average molecular weight is 1340 g/mol. The Balaban J connectivity index is 0.000000286. The lowest BCUT2D eigenvalue weighted by Gasteiger charge is -2.42. The van der Waals surface area contributed by atoms with E-state index in [1.165, 1.54) is 96.5 Å². The third kappa shape index (κ3) is 21.7. The van der Waals surface area contributed by atoms with Gasteiger partial charge in [-0.25, -0.2) is 9.59 Å². The van der Waals surface area contributed by atoms with Gasteiger partial charge in [-0.3, -0.25) is 28.8 Å². The highest BCUT2D eigenvalue weighted by atomic mass is 16.6. The van der Waals surface area contributed by atoms with Crippen molar-refractivity contribution in [2.24, 2.45) is 50.0 Å². The lowest BCUT2D eigenvalue weighted by molar-refractivity contribution is -0.191. The fourth-order valence-electron chi connectivity index (χ4n) is 15.3. The molecule has 6 saturated carbocycles. The highest BCUT2D eigenvalue weighted by Gasteiger charge is 2.57. The van der Waals surface area contributed by atoms with Gasteiger partial charge in [0.05, 0.1) is 29.5 Å². The number of cyclic esters (lactones) is 6. The van der Waals surface area contributed by atoms with Crippen molar-refractivity contribution in [3.63, 3.8) is 0 Å². The molecule has 5 aliphatic heterocycles. The molecule has 0 bridgehead atoms. The predicted octanol–water partition coefficient (Wildman–Crippen LogP) is 13.3. The zero-order valence-corrected chi connectivity index (χ0v) is 60.0. The third-order valence-electron chi connectivity index (χ3n) is 21.8. The number of Topliss-reactive ketones (excluding diaryl/α,β-unsaturated/α-hetero) is 1. The first-order chi connectivity index (χ1) is 45.7. The Kier molecular flexibility index (Phi) is 35.6. The van der Waals surface area contributed by atoms with Gasteiger partial charge in [0.15, 0.2) is 24.1 Å². The maximum absolute atomic E-state index is 11.7. The minimum Gasteiger partial charge on any atom is -0.466 e. The lowest BCUT2D eigenvalue weighted by Crippen LogP contribution is -2.40. The minimum absolute atomic E-state index is 0.00204. The maximum atomic E-state index is 11.7. The van der Waals surface area contributed by atoms with Crippen molar-refractivity contribution in [1.29, 1.82) is 0 Å². The van der Waals surface area contributed by atoms with Crippen LogP contribution in [0.15, 0.2) is 16.5 Å². The van der Waals surface area contributed by atoms with Crippen LogP contribution in [0.3, 0.4) is 0 Å². The molecule has 5 heterocycles. The molecule has 10 fully saturated rings. The molecule has 4 spiro atoms. The van der Waals surface area contributed by atoms with E-state index in [2.05, 4.69) is 70.9 Å². The summed E-state index contributed by atoms with van der Waals surface area (Å²) in [6.45, 7) is 22.7. The van der Waals surface area contributed by atoms with Gasteiger partial charge in [0, 0.05) is 12.5 Å². The van der Waals surface area contributed by atoms with Crippen LogP contribution in [-0.2, 0) is 71.5 Å².